The average Bonchev–Trinajstić information content (AvgIpc) is 2.95. The fourth-order valence-electron chi connectivity index (χ4n) is 5.84. The molecule has 5 nitrogen and oxygen atoms in total. The Morgan fingerprint density at radius 2 is 1.82 bits per heavy atom. The number of benzene rings is 1. The number of rotatable bonds is 6. The number of carboxylic acid groups (broad SMARTS) is 1. The highest BCUT2D eigenvalue weighted by Gasteiger charge is 2.51. The standard InChI is InChI=1S/C23H35N3O2/c1-24(2)23(20-9-4-3-5-10-20)13-11-22(12-14-23)17-25(16-21(27)28)18-26(22)15-19-7-6-8-19/h3-5,9-10,19H,6-8,11-18H2,1-2H3,(H,27,28). The maximum atomic E-state index is 11.3. The molecule has 2 aliphatic carbocycles. The lowest BCUT2D eigenvalue weighted by atomic mass is 9.68. The van der Waals surface area contributed by atoms with Gasteiger partial charge >= 0.3 is 5.97 Å². The summed E-state index contributed by atoms with van der Waals surface area (Å²) in [6, 6.07) is 10.9. The second-order valence-corrected chi connectivity index (χ2v) is 9.56. The van der Waals surface area contributed by atoms with Crippen LogP contribution in [-0.4, -0.2) is 71.7 Å². The Bertz CT molecular complexity index is 678. The van der Waals surface area contributed by atoms with Crippen LogP contribution in [0.2, 0.25) is 0 Å². The Kier molecular flexibility index (Phi) is 5.51. The summed E-state index contributed by atoms with van der Waals surface area (Å²) in [4.78, 5) is 18.6. The van der Waals surface area contributed by atoms with Gasteiger partial charge in [-0.15, -0.1) is 0 Å². The van der Waals surface area contributed by atoms with Gasteiger partial charge in [-0.1, -0.05) is 36.8 Å². The molecule has 0 amide bonds. The second kappa shape index (κ2) is 7.77. The first-order valence-electron chi connectivity index (χ1n) is 10.9. The van der Waals surface area contributed by atoms with E-state index in [0.717, 1.165) is 51.4 Å². The fourth-order valence-corrected chi connectivity index (χ4v) is 5.84. The van der Waals surface area contributed by atoms with Crippen molar-refractivity contribution in [2.75, 3.05) is 40.4 Å². The summed E-state index contributed by atoms with van der Waals surface area (Å²) in [6.07, 6.45) is 8.60. The first-order valence-corrected chi connectivity index (χ1v) is 10.9. The lowest BCUT2D eigenvalue weighted by molar-refractivity contribution is -0.138. The molecule has 1 aromatic carbocycles. The fraction of sp³-hybridized carbons (Fsp3) is 0.696. The summed E-state index contributed by atoms with van der Waals surface area (Å²) in [6.45, 7) is 3.05. The van der Waals surface area contributed by atoms with Crippen LogP contribution in [0.3, 0.4) is 0 Å². The highest BCUT2D eigenvalue weighted by atomic mass is 16.4. The molecule has 0 radical (unpaired) electrons. The van der Waals surface area contributed by atoms with E-state index in [1.54, 1.807) is 0 Å². The minimum absolute atomic E-state index is 0.0921. The van der Waals surface area contributed by atoms with E-state index in [1.807, 2.05) is 0 Å². The molecule has 1 aliphatic heterocycles. The van der Waals surface area contributed by atoms with Crippen molar-refractivity contribution >= 4 is 5.97 Å². The summed E-state index contributed by atoms with van der Waals surface area (Å²) < 4.78 is 0. The van der Waals surface area contributed by atoms with Gasteiger partial charge in [0.1, 0.15) is 0 Å². The van der Waals surface area contributed by atoms with Crippen LogP contribution in [0.15, 0.2) is 30.3 Å². The molecule has 0 atom stereocenters. The zero-order chi connectivity index (χ0) is 19.8. The van der Waals surface area contributed by atoms with E-state index in [1.165, 1.54) is 24.8 Å². The molecule has 5 heteroatoms. The number of hydrogen-bond donors (Lipinski definition) is 1. The lowest BCUT2D eigenvalue weighted by Gasteiger charge is -2.52. The van der Waals surface area contributed by atoms with Gasteiger partial charge in [-0.25, -0.2) is 0 Å². The first-order chi connectivity index (χ1) is 13.4. The molecule has 1 heterocycles. The smallest absolute Gasteiger partial charge is 0.317 e. The van der Waals surface area contributed by atoms with Crippen molar-refractivity contribution in [3.8, 4) is 0 Å². The van der Waals surface area contributed by atoms with Crippen LogP contribution in [0, 0.1) is 5.92 Å². The van der Waals surface area contributed by atoms with Crippen LogP contribution in [-0.2, 0) is 10.3 Å². The van der Waals surface area contributed by atoms with E-state index < -0.39 is 5.97 Å². The maximum Gasteiger partial charge on any atom is 0.317 e. The van der Waals surface area contributed by atoms with E-state index in [9.17, 15) is 9.90 Å². The molecule has 1 saturated heterocycles. The van der Waals surface area contributed by atoms with Crippen molar-refractivity contribution in [1.82, 2.24) is 14.7 Å². The van der Waals surface area contributed by atoms with Crippen molar-refractivity contribution in [2.24, 2.45) is 5.92 Å². The highest BCUT2D eigenvalue weighted by molar-refractivity contribution is 5.69. The third-order valence-electron chi connectivity index (χ3n) is 7.80. The minimum Gasteiger partial charge on any atom is -0.480 e. The van der Waals surface area contributed by atoms with Gasteiger partial charge in [0, 0.05) is 24.2 Å². The van der Waals surface area contributed by atoms with Gasteiger partial charge in [0.2, 0.25) is 0 Å². The number of hydrogen-bond acceptors (Lipinski definition) is 4. The first kappa shape index (κ1) is 19.9. The number of nitrogens with zero attached hydrogens (tertiary/aromatic N) is 3. The van der Waals surface area contributed by atoms with E-state index in [-0.39, 0.29) is 17.6 Å². The van der Waals surface area contributed by atoms with Crippen LogP contribution >= 0.6 is 0 Å². The number of carboxylic acids is 1. The Morgan fingerprint density at radius 3 is 2.36 bits per heavy atom. The van der Waals surface area contributed by atoms with Crippen LogP contribution in [0.25, 0.3) is 0 Å². The van der Waals surface area contributed by atoms with Gasteiger partial charge in [0.25, 0.3) is 0 Å². The topological polar surface area (TPSA) is 47.0 Å². The third kappa shape index (κ3) is 3.60. The maximum absolute atomic E-state index is 11.3. The summed E-state index contributed by atoms with van der Waals surface area (Å²) in [5.74, 6) is 0.111. The summed E-state index contributed by atoms with van der Waals surface area (Å²) >= 11 is 0. The molecule has 28 heavy (non-hydrogen) atoms. The van der Waals surface area contributed by atoms with Crippen LogP contribution < -0.4 is 0 Å². The largest absolute Gasteiger partial charge is 0.480 e. The zero-order valence-electron chi connectivity index (χ0n) is 17.4. The molecule has 1 N–H and O–H groups in total. The van der Waals surface area contributed by atoms with Crippen molar-refractivity contribution in [1.29, 1.82) is 0 Å². The van der Waals surface area contributed by atoms with Crippen molar-refractivity contribution in [2.45, 2.75) is 56.0 Å². The van der Waals surface area contributed by atoms with Crippen molar-refractivity contribution in [3.63, 3.8) is 0 Å². The molecule has 1 spiro atoms. The summed E-state index contributed by atoms with van der Waals surface area (Å²) in [7, 11) is 4.42. The van der Waals surface area contributed by atoms with Gasteiger partial charge in [-0.05, 0) is 64.1 Å². The van der Waals surface area contributed by atoms with Gasteiger partial charge in [0.15, 0.2) is 0 Å². The highest BCUT2D eigenvalue weighted by Crippen LogP contribution is 2.49. The SMILES string of the molecule is CN(C)C1(c2ccccc2)CCC2(CC1)CN(CC(=O)O)CN2CC1CCC1. The van der Waals surface area contributed by atoms with Gasteiger partial charge in [-0.2, -0.15) is 0 Å². The van der Waals surface area contributed by atoms with E-state index in [0.29, 0.717) is 0 Å². The number of carbonyl (C=O) groups is 1. The van der Waals surface area contributed by atoms with Gasteiger partial charge in [0.05, 0.1) is 13.2 Å². The molecular weight excluding hydrogens is 350 g/mol. The second-order valence-electron chi connectivity index (χ2n) is 9.56. The molecule has 1 aromatic rings. The lowest BCUT2D eigenvalue weighted by Crippen LogP contribution is -2.56. The van der Waals surface area contributed by atoms with E-state index in [2.05, 4.69) is 59.1 Å². The Balaban J connectivity index is 1.54. The van der Waals surface area contributed by atoms with Crippen LogP contribution in [0.5, 0.6) is 0 Å². The van der Waals surface area contributed by atoms with Crippen molar-refractivity contribution < 1.29 is 9.90 Å². The average molecular weight is 386 g/mol. The van der Waals surface area contributed by atoms with E-state index in [4.69, 9.17) is 0 Å². The van der Waals surface area contributed by atoms with E-state index >= 15 is 0 Å². The molecule has 0 aromatic heterocycles. The predicted molar refractivity (Wildman–Crippen MR) is 111 cm³/mol. The zero-order valence-corrected chi connectivity index (χ0v) is 17.4. The van der Waals surface area contributed by atoms with Crippen LogP contribution in [0.4, 0.5) is 0 Å². The molecule has 0 unspecified atom stereocenters. The molecule has 3 fully saturated rings. The Hall–Kier alpha value is -1.43. The Morgan fingerprint density at radius 1 is 1.14 bits per heavy atom. The molecule has 4 rings (SSSR count). The van der Waals surface area contributed by atoms with Crippen molar-refractivity contribution in [3.05, 3.63) is 35.9 Å². The quantitative estimate of drug-likeness (QED) is 0.815. The molecular formula is C23H35N3O2. The normalized spacial score (nSPS) is 32.1. The molecule has 2 saturated carbocycles. The molecule has 0 bridgehead atoms. The summed E-state index contributed by atoms with van der Waals surface area (Å²) in [5, 5.41) is 9.32. The monoisotopic (exact) mass is 385 g/mol. The predicted octanol–water partition coefficient (Wildman–Crippen LogP) is 3.22. The molecule has 154 valence electrons. The van der Waals surface area contributed by atoms with Crippen LogP contribution in [0.1, 0.15) is 50.5 Å². The minimum atomic E-state index is -0.705. The number of aliphatic carboxylic acids is 1. The summed E-state index contributed by atoms with van der Waals surface area (Å²) in [5.41, 5.74) is 1.66. The third-order valence-corrected chi connectivity index (χ3v) is 7.80. The van der Waals surface area contributed by atoms with Gasteiger partial charge < -0.3 is 5.11 Å². The van der Waals surface area contributed by atoms with Gasteiger partial charge in [-0.3, -0.25) is 19.5 Å². The Labute approximate surface area is 169 Å². The molecule has 3 aliphatic rings.